The van der Waals surface area contributed by atoms with E-state index in [1.165, 1.54) is 18.4 Å². The van der Waals surface area contributed by atoms with Crippen LogP contribution < -0.4 is 4.74 Å². The second kappa shape index (κ2) is 8.44. The van der Waals surface area contributed by atoms with Gasteiger partial charge < -0.3 is 9.64 Å². The van der Waals surface area contributed by atoms with Gasteiger partial charge in [-0.2, -0.15) is 0 Å². The first-order valence-electron chi connectivity index (χ1n) is 7.14. The average molecular weight is 284 g/mol. The maximum Gasteiger partial charge on any atom is 0.124 e. The van der Waals surface area contributed by atoms with Gasteiger partial charge in [-0.15, -0.1) is 11.6 Å². The monoisotopic (exact) mass is 283 g/mol. The van der Waals surface area contributed by atoms with E-state index in [9.17, 15) is 0 Å². The molecule has 0 fully saturated rings. The molecule has 0 aliphatic heterocycles. The van der Waals surface area contributed by atoms with Gasteiger partial charge in [0, 0.05) is 12.1 Å². The number of aryl methyl sites for hydroxylation is 1. The summed E-state index contributed by atoms with van der Waals surface area (Å²) in [5.41, 5.74) is 2.33. The van der Waals surface area contributed by atoms with Crippen LogP contribution in [0.5, 0.6) is 5.75 Å². The lowest BCUT2D eigenvalue weighted by molar-refractivity contribution is 0.315. The molecular weight excluding hydrogens is 258 g/mol. The Bertz CT molecular complexity index is 381. The van der Waals surface area contributed by atoms with Gasteiger partial charge in [-0.3, -0.25) is 0 Å². The number of rotatable bonds is 8. The molecule has 0 bridgehead atoms. The number of alkyl halides is 1. The molecule has 0 aliphatic rings. The Morgan fingerprint density at radius 3 is 2.68 bits per heavy atom. The Balaban J connectivity index is 2.73. The molecule has 0 saturated carbocycles. The first-order chi connectivity index (χ1) is 9.08. The standard InChI is InChI=1S/C16H26ClNO/c1-5-7-10-18(4)12-15(17)14-11-13(3)8-9-16(14)19-6-2/h8-9,11,15H,5-7,10,12H2,1-4H3. The van der Waals surface area contributed by atoms with Gasteiger partial charge in [0.05, 0.1) is 12.0 Å². The third-order valence-corrected chi connectivity index (χ3v) is 3.54. The van der Waals surface area contributed by atoms with Crippen LogP contribution >= 0.6 is 11.6 Å². The molecule has 108 valence electrons. The van der Waals surface area contributed by atoms with Crippen LogP contribution in [0.4, 0.5) is 0 Å². The molecule has 0 spiro atoms. The van der Waals surface area contributed by atoms with Crippen molar-refractivity contribution >= 4 is 11.6 Å². The van der Waals surface area contributed by atoms with Gasteiger partial charge in [-0.1, -0.05) is 31.0 Å². The van der Waals surface area contributed by atoms with Crippen LogP contribution in [-0.2, 0) is 0 Å². The maximum absolute atomic E-state index is 6.57. The van der Waals surface area contributed by atoms with Crippen LogP contribution in [0.3, 0.4) is 0 Å². The largest absolute Gasteiger partial charge is 0.494 e. The minimum atomic E-state index is -0.0247. The van der Waals surface area contributed by atoms with E-state index in [2.05, 4.69) is 37.9 Å². The van der Waals surface area contributed by atoms with Crippen molar-refractivity contribution in [1.82, 2.24) is 4.90 Å². The summed E-state index contributed by atoms with van der Waals surface area (Å²) in [5, 5.41) is -0.0247. The molecule has 1 atom stereocenters. The number of ether oxygens (including phenoxy) is 1. The lowest BCUT2D eigenvalue weighted by Gasteiger charge is -2.22. The Labute approximate surface area is 122 Å². The van der Waals surface area contributed by atoms with E-state index in [4.69, 9.17) is 16.3 Å². The summed E-state index contributed by atoms with van der Waals surface area (Å²) < 4.78 is 5.67. The molecule has 0 aliphatic carbocycles. The van der Waals surface area contributed by atoms with Crippen LogP contribution in [0.1, 0.15) is 43.2 Å². The Morgan fingerprint density at radius 2 is 2.05 bits per heavy atom. The van der Waals surface area contributed by atoms with Crippen LogP contribution in [0.25, 0.3) is 0 Å². The van der Waals surface area contributed by atoms with Crippen molar-refractivity contribution in [3.05, 3.63) is 29.3 Å². The zero-order valence-electron chi connectivity index (χ0n) is 12.6. The van der Waals surface area contributed by atoms with Crippen LogP contribution in [-0.4, -0.2) is 31.6 Å². The van der Waals surface area contributed by atoms with Gasteiger partial charge in [-0.25, -0.2) is 0 Å². The van der Waals surface area contributed by atoms with E-state index < -0.39 is 0 Å². The van der Waals surface area contributed by atoms with Crippen molar-refractivity contribution < 1.29 is 4.74 Å². The van der Waals surface area contributed by atoms with Gasteiger partial charge in [0.25, 0.3) is 0 Å². The number of benzene rings is 1. The summed E-state index contributed by atoms with van der Waals surface area (Å²) in [6, 6.07) is 6.23. The molecule has 3 heteroatoms. The molecule has 0 N–H and O–H groups in total. The average Bonchev–Trinajstić information content (AvgIpc) is 2.38. The van der Waals surface area contributed by atoms with Crippen LogP contribution in [0.2, 0.25) is 0 Å². The van der Waals surface area contributed by atoms with Crippen molar-refractivity contribution in [3.63, 3.8) is 0 Å². The second-order valence-electron chi connectivity index (χ2n) is 5.06. The van der Waals surface area contributed by atoms with Gasteiger partial charge in [0.15, 0.2) is 0 Å². The predicted octanol–water partition coefficient (Wildman–Crippen LogP) is 4.41. The fraction of sp³-hybridized carbons (Fsp3) is 0.625. The highest BCUT2D eigenvalue weighted by atomic mass is 35.5. The third kappa shape index (κ3) is 5.42. The van der Waals surface area contributed by atoms with Crippen molar-refractivity contribution in [2.24, 2.45) is 0 Å². The fourth-order valence-electron chi connectivity index (χ4n) is 2.09. The molecule has 1 rings (SSSR count). The molecule has 2 nitrogen and oxygen atoms in total. The molecule has 0 radical (unpaired) electrons. The molecule has 0 heterocycles. The van der Waals surface area contributed by atoms with Crippen molar-refractivity contribution in [2.45, 2.75) is 39.0 Å². The van der Waals surface area contributed by atoms with Crippen molar-refractivity contribution in [1.29, 1.82) is 0 Å². The molecule has 0 aromatic heterocycles. The van der Waals surface area contributed by atoms with E-state index >= 15 is 0 Å². The first kappa shape index (κ1) is 16.3. The summed E-state index contributed by atoms with van der Waals surface area (Å²) >= 11 is 6.57. The minimum Gasteiger partial charge on any atom is -0.494 e. The summed E-state index contributed by atoms with van der Waals surface area (Å²) in [4.78, 5) is 2.29. The third-order valence-electron chi connectivity index (χ3n) is 3.17. The number of likely N-dealkylation sites (N-methyl/N-ethyl adjacent to an activating group) is 1. The molecular formula is C16H26ClNO. The molecule has 1 unspecified atom stereocenters. The van der Waals surface area contributed by atoms with Gasteiger partial charge >= 0.3 is 0 Å². The van der Waals surface area contributed by atoms with Crippen molar-refractivity contribution in [3.8, 4) is 5.75 Å². The number of hydrogen-bond donors (Lipinski definition) is 0. The molecule has 19 heavy (non-hydrogen) atoms. The molecule has 1 aromatic carbocycles. The minimum absolute atomic E-state index is 0.0247. The Kier molecular flexibility index (Phi) is 7.25. The van der Waals surface area contributed by atoms with Crippen LogP contribution in [0, 0.1) is 6.92 Å². The summed E-state index contributed by atoms with van der Waals surface area (Å²) in [7, 11) is 2.13. The Hall–Kier alpha value is -0.730. The van der Waals surface area contributed by atoms with E-state index in [-0.39, 0.29) is 5.38 Å². The number of halogens is 1. The number of unbranched alkanes of at least 4 members (excludes halogenated alkanes) is 1. The highest BCUT2D eigenvalue weighted by Gasteiger charge is 2.16. The van der Waals surface area contributed by atoms with E-state index in [0.29, 0.717) is 6.61 Å². The Morgan fingerprint density at radius 1 is 1.32 bits per heavy atom. The number of nitrogens with zero attached hydrogens (tertiary/aromatic N) is 1. The SMILES string of the molecule is CCCCN(C)CC(Cl)c1cc(C)ccc1OCC. The zero-order valence-corrected chi connectivity index (χ0v) is 13.3. The summed E-state index contributed by atoms with van der Waals surface area (Å²) in [5.74, 6) is 0.914. The summed E-state index contributed by atoms with van der Waals surface area (Å²) in [6.07, 6.45) is 2.43. The van der Waals surface area contributed by atoms with Crippen molar-refractivity contribution in [2.75, 3.05) is 26.7 Å². The summed E-state index contributed by atoms with van der Waals surface area (Å²) in [6.45, 7) is 8.91. The zero-order chi connectivity index (χ0) is 14.3. The molecule has 0 amide bonds. The van der Waals surface area contributed by atoms with Gasteiger partial charge in [-0.05, 0) is 39.9 Å². The quantitative estimate of drug-likeness (QED) is 0.656. The van der Waals surface area contributed by atoms with E-state index in [1.54, 1.807) is 0 Å². The second-order valence-corrected chi connectivity index (χ2v) is 5.58. The lowest BCUT2D eigenvalue weighted by atomic mass is 10.1. The fourth-order valence-corrected chi connectivity index (χ4v) is 2.50. The number of hydrogen-bond acceptors (Lipinski definition) is 2. The predicted molar refractivity (Wildman–Crippen MR) is 83.3 cm³/mol. The van der Waals surface area contributed by atoms with Gasteiger partial charge in [0.2, 0.25) is 0 Å². The highest BCUT2D eigenvalue weighted by Crippen LogP contribution is 2.31. The van der Waals surface area contributed by atoms with E-state index in [1.807, 2.05) is 13.0 Å². The maximum atomic E-state index is 6.57. The van der Waals surface area contributed by atoms with Gasteiger partial charge in [0.1, 0.15) is 5.75 Å². The molecule has 0 saturated heterocycles. The lowest BCUT2D eigenvalue weighted by Crippen LogP contribution is -2.24. The van der Waals surface area contributed by atoms with Crippen LogP contribution in [0.15, 0.2) is 18.2 Å². The first-order valence-corrected chi connectivity index (χ1v) is 7.58. The highest BCUT2D eigenvalue weighted by molar-refractivity contribution is 6.21. The smallest absolute Gasteiger partial charge is 0.124 e. The van der Waals surface area contributed by atoms with E-state index in [0.717, 1.165) is 24.4 Å². The normalized spacial score (nSPS) is 12.7. The topological polar surface area (TPSA) is 12.5 Å². The molecule has 1 aromatic rings.